The van der Waals surface area contributed by atoms with E-state index >= 15 is 0 Å². The van der Waals surface area contributed by atoms with Crippen LogP contribution in [0.1, 0.15) is 16.7 Å². The van der Waals surface area contributed by atoms with Gasteiger partial charge in [-0.15, -0.1) is 0 Å². The van der Waals surface area contributed by atoms with Gasteiger partial charge < -0.3 is 4.18 Å². The largest absolute Gasteiger partial charge is 0.534 e. The molecule has 0 aliphatic carbocycles. The lowest BCUT2D eigenvalue weighted by atomic mass is 10.1. The summed E-state index contributed by atoms with van der Waals surface area (Å²) in [4.78, 5) is 2.57. The average molecular weight is 455 g/mol. The van der Waals surface area contributed by atoms with Gasteiger partial charge in [-0.3, -0.25) is 0 Å². The van der Waals surface area contributed by atoms with Crippen LogP contribution in [0.4, 0.5) is 13.2 Å². The summed E-state index contributed by atoms with van der Waals surface area (Å²) in [5.74, 6) is -0.270. The Labute approximate surface area is 179 Å². The normalized spacial score (nSPS) is 11.4. The highest BCUT2D eigenvalue weighted by Gasteiger charge is 2.48. The minimum atomic E-state index is -5.61. The van der Waals surface area contributed by atoms with Gasteiger partial charge in [0.2, 0.25) is 0 Å². The second kappa shape index (κ2) is 10.0. The molecule has 30 heavy (non-hydrogen) atoms. The van der Waals surface area contributed by atoms with Crippen LogP contribution in [0.2, 0.25) is 0 Å². The van der Waals surface area contributed by atoms with Crippen LogP contribution in [-0.4, -0.2) is 13.9 Å². The summed E-state index contributed by atoms with van der Waals surface area (Å²) in [5.41, 5.74) is -3.92. The first-order chi connectivity index (χ1) is 14.0. The zero-order chi connectivity index (χ0) is 22.4. The third-order valence-electron chi connectivity index (χ3n) is 3.80. The van der Waals surface area contributed by atoms with Crippen molar-refractivity contribution in [3.05, 3.63) is 89.5 Å². The fourth-order valence-electron chi connectivity index (χ4n) is 2.57. The van der Waals surface area contributed by atoms with Crippen molar-refractivity contribution in [2.24, 2.45) is 0 Å². The van der Waals surface area contributed by atoms with Crippen molar-refractivity contribution in [3.63, 3.8) is 0 Å². The Morgan fingerprint density at radius 1 is 0.767 bits per heavy atom. The van der Waals surface area contributed by atoms with E-state index in [9.17, 15) is 21.6 Å². The first kappa shape index (κ1) is 23.8. The number of rotatable bonds is 4. The second-order valence-electron chi connectivity index (χ2n) is 6.44. The van der Waals surface area contributed by atoms with Crippen LogP contribution in [0, 0.1) is 20.8 Å². The molecule has 0 spiro atoms. The Hall–Kier alpha value is -2.45. The maximum Gasteiger partial charge on any atom is 0.534 e. The van der Waals surface area contributed by atoms with Gasteiger partial charge in [0.15, 0.2) is 0 Å². The molecule has 3 aromatic rings. The summed E-state index contributed by atoms with van der Waals surface area (Å²) in [5, 5.41) is 0. The second-order valence-corrected chi connectivity index (χ2v) is 9.12. The standard InChI is InChI=1S/C12H10S.C10H11F3O3S/c1-3-7-11(8-4-1)13-12-9-5-2-6-10-12;1-6-4-7(2)9(8(3)5-6)16-17(14,15)10(11,12)13/h1-10H;4-5H,1-3H3. The number of halogens is 3. The minimum Gasteiger partial charge on any atom is -0.375 e. The minimum absolute atomic E-state index is 0.270. The van der Waals surface area contributed by atoms with Gasteiger partial charge in [-0.2, -0.15) is 21.6 Å². The molecule has 0 amide bonds. The molecule has 3 aromatic carbocycles. The predicted octanol–water partition coefficient (Wildman–Crippen LogP) is 6.68. The molecule has 0 aliphatic rings. The van der Waals surface area contributed by atoms with E-state index in [1.165, 1.54) is 23.6 Å². The Balaban J connectivity index is 0.000000220. The number of alkyl halides is 3. The molecule has 0 heterocycles. The molecular weight excluding hydrogens is 433 g/mol. The quantitative estimate of drug-likeness (QED) is 0.326. The smallest absolute Gasteiger partial charge is 0.375 e. The van der Waals surface area contributed by atoms with Crippen molar-refractivity contribution in [2.45, 2.75) is 36.1 Å². The van der Waals surface area contributed by atoms with Crippen molar-refractivity contribution < 1.29 is 25.8 Å². The number of hydrogen-bond acceptors (Lipinski definition) is 4. The Kier molecular flexibility index (Phi) is 7.97. The van der Waals surface area contributed by atoms with Gasteiger partial charge in [0.1, 0.15) is 5.75 Å². The zero-order valence-electron chi connectivity index (χ0n) is 16.6. The van der Waals surface area contributed by atoms with Crippen molar-refractivity contribution in [3.8, 4) is 5.75 Å². The maximum absolute atomic E-state index is 12.1. The molecule has 0 aromatic heterocycles. The molecule has 160 valence electrons. The van der Waals surface area contributed by atoms with E-state index in [1.807, 2.05) is 12.1 Å². The summed E-state index contributed by atoms with van der Waals surface area (Å²) in [6.07, 6.45) is 0. The van der Waals surface area contributed by atoms with Crippen LogP contribution in [0.15, 0.2) is 82.6 Å². The molecule has 8 heteroatoms. The Morgan fingerprint density at radius 2 is 1.17 bits per heavy atom. The van der Waals surface area contributed by atoms with Crippen LogP contribution in [-0.2, 0) is 10.1 Å². The zero-order valence-corrected chi connectivity index (χ0v) is 18.2. The van der Waals surface area contributed by atoms with E-state index in [0.29, 0.717) is 11.1 Å². The van der Waals surface area contributed by atoms with Gasteiger partial charge in [0.25, 0.3) is 0 Å². The molecule has 3 nitrogen and oxygen atoms in total. The lowest BCUT2D eigenvalue weighted by Crippen LogP contribution is -2.28. The number of aryl methyl sites for hydroxylation is 3. The monoisotopic (exact) mass is 454 g/mol. The average Bonchev–Trinajstić information content (AvgIpc) is 2.66. The first-order valence-corrected chi connectivity index (χ1v) is 11.1. The van der Waals surface area contributed by atoms with Crippen LogP contribution in [0.25, 0.3) is 0 Å². The van der Waals surface area contributed by atoms with Gasteiger partial charge in [-0.1, -0.05) is 65.9 Å². The topological polar surface area (TPSA) is 43.4 Å². The molecule has 0 unspecified atom stereocenters. The van der Waals surface area contributed by atoms with Crippen molar-refractivity contribution in [1.82, 2.24) is 0 Å². The Morgan fingerprint density at radius 3 is 1.53 bits per heavy atom. The molecule has 0 saturated carbocycles. The molecule has 0 atom stereocenters. The van der Waals surface area contributed by atoms with Crippen molar-refractivity contribution >= 4 is 21.9 Å². The molecule has 0 N–H and O–H groups in total. The SMILES string of the molecule is Cc1cc(C)c(OS(=O)(=O)C(F)(F)F)c(C)c1.c1ccc(Sc2ccccc2)cc1. The highest BCUT2D eigenvalue weighted by molar-refractivity contribution is 7.99. The molecule has 0 radical (unpaired) electrons. The van der Waals surface area contributed by atoms with E-state index in [0.717, 1.165) is 5.56 Å². The highest BCUT2D eigenvalue weighted by Crippen LogP contribution is 2.31. The molecule has 0 aliphatic heterocycles. The summed E-state index contributed by atoms with van der Waals surface area (Å²) in [6, 6.07) is 23.9. The third-order valence-corrected chi connectivity index (χ3v) is 5.77. The summed E-state index contributed by atoms with van der Waals surface area (Å²) in [6.45, 7) is 4.73. The van der Waals surface area contributed by atoms with E-state index in [-0.39, 0.29) is 5.75 Å². The summed E-state index contributed by atoms with van der Waals surface area (Å²) >= 11 is 1.79. The van der Waals surface area contributed by atoms with Gasteiger partial charge >= 0.3 is 15.6 Å². The maximum atomic E-state index is 12.1. The molecule has 3 rings (SSSR count). The van der Waals surface area contributed by atoms with Crippen molar-refractivity contribution in [2.75, 3.05) is 0 Å². The van der Waals surface area contributed by atoms with E-state index in [4.69, 9.17) is 0 Å². The Bertz CT molecular complexity index is 1010. The van der Waals surface area contributed by atoms with Crippen LogP contribution >= 0.6 is 11.8 Å². The fourth-order valence-corrected chi connectivity index (χ4v) is 4.00. The van der Waals surface area contributed by atoms with E-state index < -0.39 is 15.6 Å². The first-order valence-electron chi connectivity index (χ1n) is 8.86. The van der Waals surface area contributed by atoms with Crippen LogP contribution in [0.3, 0.4) is 0 Å². The van der Waals surface area contributed by atoms with Gasteiger partial charge in [-0.25, -0.2) is 0 Å². The number of benzene rings is 3. The molecule has 0 saturated heterocycles. The van der Waals surface area contributed by atoms with E-state index in [1.54, 1.807) is 30.8 Å². The van der Waals surface area contributed by atoms with Crippen LogP contribution in [0.5, 0.6) is 5.75 Å². The third kappa shape index (κ3) is 6.81. The van der Waals surface area contributed by atoms with Crippen molar-refractivity contribution in [1.29, 1.82) is 0 Å². The summed E-state index contributed by atoms with van der Waals surface area (Å²) in [7, 11) is -5.61. The van der Waals surface area contributed by atoms with E-state index in [2.05, 4.69) is 52.7 Å². The van der Waals surface area contributed by atoms with Gasteiger partial charge in [0.05, 0.1) is 0 Å². The lowest BCUT2D eigenvalue weighted by Gasteiger charge is -2.14. The lowest BCUT2D eigenvalue weighted by molar-refractivity contribution is -0.0500. The fraction of sp³-hybridized carbons (Fsp3) is 0.182. The van der Waals surface area contributed by atoms with Gasteiger partial charge in [-0.05, 0) is 56.2 Å². The predicted molar refractivity (Wildman–Crippen MR) is 113 cm³/mol. The number of hydrogen-bond donors (Lipinski definition) is 0. The molecule has 0 bridgehead atoms. The summed E-state index contributed by atoms with van der Waals surface area (Å²) < 4.78 is 62.3. The molecular formula is C22H21F3O3S2. The van der Waals surface area contributed by atoms with Crippen LogP contribution < -0.4 is 4.18 Å². The highest BCUT2D eigenvalue weighted by atomic mass is 32.2. The molecule has 0 fully saturated rings. The van der Waals surface area contributed by atoms with Gasteiger partial charge in [0, 0.05) is 9.79 Å².